The number of benzene rings is 1. The van der Waals surface area contributed by atoms with E-state index in [-0.39, 0.29) is 5.97 Å². The molecule has 3 aromatic rings. The van der Waals surface area contributed by atoms with Gasteiger partial charge in [-0.2, -0.15) is 0 Å². The summed E-state index contributed by atoms with van der Waals surface area (Å²) in [6.07, 6.45) is 2.93. The van der Waals surface area contributed by atoms with E-state index in [1.807, 2.05) is 26.0 Å². The highest BCUT2D eigenvalue weighted by Gasteiger charge is 2.16. The Kier molecular flexibility index (Phi) is 3.44. The van der Waals surface area contributed by atoms with Crippen molar-refractivity contribution in [2.45, 2.75) is 20.0 Å². The summed E-state index contributed by atoms with van der Waals surface area (Å²) >= 11 is 0. The molecule has 21 heavy (non-hydrogen) atoms. The quantitative estimate of drug-likeness (QED) is 0.679. The van der Waals surface area contributed by atoms with Gasteiger partial charge in [0.2, 0.25) is 0 Å². The van der Waals surface area contributed by atoms with Crippen LogP contribution in [-0.4, -0.2) is 11.0 Å². The minimum Gasteiger partial charge on any atom is -0.462 e. The van der Waals surface area contributed by atoms with Crippen molar-refractivity contribution in [2.24, 2.45) is 0 Å². The molecule has 0 unspecified atom stereocenters. The molecule has 0 N–H and O–H groups in total. The number of ether oxygens (including phenoxy) is 1. The Balaban J connectivity index is 1.82. The van der Waals surface area contributed by atoms with Crippen LogP contribution in [0.3, 0.4) is 0 Å². The highest BCUT2D eigenvalue weighted by atomic mass is 16.5. The number of carbonyl (C=O) groups is 1. The molecule has 3 rings (SSSR count). The molecule has 0 aliphatic rings. The fourth-order valence-electron chi connectivity index (χ4n) is 2.16. The third-order valence-electron chi connectivity index (χ3n) is 3.39. The number of pyridine rings is 1. The van der Waals surface area contributed by atoms with Crippen LogP contribution in [0.5, 0.6) is 0 Å². The van der Waals surface area contributed by atoms with Crippen molar-refractivity contribution >= 4 is 16.9 Å². The maximum atomic E-state index is 12.0. The van der Waals surface area contributed by atoms with Crippen molar-refractivity contribution in [3.05, 3.63) is 65.7 Å². The molecule has 0 radical (unpaired) electrons. The molecule has 0 saturated carbocycles. The largest absolute Gasteiger partial charge is 0.462 e. The molecule has 0 aliphatic heterocycles. The molecule has 1 atom stereocenters. The van der Waals surface area contributed by atoms with Gasteiger partial charge in [-0.3, -0.25) is 4.98 Å². The van der Waals surface area contributed by atoms with Crippen molar-refractivity contribution in [2.75, 3.05) is 0 Å². The molecule has 0 amide bonds. The minimum absolute atomic E-state index is 0.353. The average molecular weight is 281 g/mol. The second kappa shape index (κ2) is 5.40. The molecule has 2 heterocycles. The van der Waals surface area contributed by atoms with Gasteiger partial charge < -0.3 is 9.15 Å². The zero-order valence-electron chi connectivity index (χ0n) is 11.9. The van der Waals surface area contributed by atoms with Gasteiger partial charge in [0.1, 0.15) is 6.10 Å². The van der Waals surface area contributed by atoms with E-state index in [1.54, 1.807) is 36.7 Å². The number of aromatic nitrogens is 1. The number of hydrogen-bond donors (Lipinski definition) is 0. The van der Waals surface area contributed by atoms with Crippen LogP contribution in [0.4, 0.5) is 0 Å². The van der Waals surface area contributed by atoms with Crippen LogP contribution in [-0.2, 0) is 4.74 Å². The Morgan fingerprint density at radius 2 is 2.05 bits per heavy atom. The number of hydrogen-bond acceptors (Lipinski definition) is 4. The summed E-state index contributed by atoms with van der Waals surface area (Å²) in [4.78, 5) is 16.3. The van der Waals surface area contributed by atoms with Gasteiger partial charge in [0.25, 0.3) is 0 Å². The molecule has 4 heteroatoms. The lowest BCUT2D eigenvalue weighted by Gasteiger charge is -2.12. The lowest BCUT2D eigenvalue weighted by Crippen LogP contribution is -2.10. The van der Waals surface area contributed by atoms with E-state index in [4.69, 9.17) is 9.15 Å². The molecule has 2 aromatic heterocycles. The fourth-order valence-corrected chi connectivity index (χ4v) is 2.16. The zero-order chi connectivity index (χ0) is 14.8. The molecule has 0 spiro atoms. The van der Waals surface area contributed by atoms with E-state index in [0.717, 1.165) is 16.5 Å². The van der Waals surface area contributed by atoms with E-state index in [2.05, 4.69) is 4.98 Å². The van der Waals surface area contributed by atoms with Crippen LogP contribution in [0.2, 0.25) is 0 Å². The second-order valence-corrected chi connectivity index (χ2v) is 4.94. The molecule has 0 fully saturated rings. The highest BCUT2D eigenvalue weighted by Crippen LogP contribution is 2.24. The van der Waals surface area contributed by atoms with Gasteiger partial charge in [-0.25, -0.2) is 4.79 Å². The molecule has 106 valence electrons. The zero-order valence-corrected chi connectivity index (χ0v) is 11.9. The van der Waals surface area contributed by atoms with Crippen LogP contribution in [0.25, 0.3) is 11.0 Å². The molecule has 0 bridgehead atoms. The lowest BCUT2D eigenvalue weighted by molar-refractivity contribution is 0.0329. The molecule has 0 saturated heterocycles. The van der Waals surface area contributed by atoms with E-state index in [0.29, 0.717) is 11.3 Å². The van der Waals surface area contributed by atoms with Crippen LogP contribution < -0.4 is 0 Å². The van der Waals surface area contributed by atoms with Crippen molar-refractivity contribution in [3.63, 3.8) is 0 Å². The van der Waals surface area contributed by atoms with Gasteiger partial charge >= 0.3 is 5.97 Å². The molecule has 4 nitrogen and oxygen atoms in total. The van der Waals surface area contributed by atoms with Gasteiger partial charge in [-0.15, -0.1) is 0 Å². The van der Waals surface area contributed by atoms with Crippen molar-refractivity contribution in [3.8, 4) is 0 Å². The Hall–Kier alpha value is -2.62. The van der Waals surface area contributed by atoms with E-state index in [9.17, 15) is 4.79 Å². The lowest BCUT2D eigenvalue weighted by atomic mass is 10.1. The van der Waals surface area contributed by atoms with Crippen molar-refractivity contribution in [1.29, 1.82) is 0 Å². The predicted octanol–water partition coefficient (Wildman–Crippen LogP) is 4.05. The van der Waals surface area contributed by atoms with Crippen molar-refractivity contribution < 1.29 is 13.9 Å². The minimum atomic E-state index is -0.420. The third-order valence-corrected chi connectivity index (χ3v) is 3.39. The first-order valence-corrected chi connectivity index (χ1v) is 6.75. The standard InChI is InChI=1S/C17H15NO3/c1-11-10-20-16-9-18-15(8-14(11)16)12(2)21-17(19)13-6-4-3-5-7-13/h3-10,12H,1-2H3/t12-/m1/s1. The van der Waals surface area contributed by atoms with Crippen molar-refractivity contribution in [1.82, 2.24) is 4.98 Å². The monoisotopic (exact) mass is 281 g/mol. The number of fused-ring (bicyclic) bond motifs is 1. The van der Waals surface area contributed by atoms with E-state index >= 15 is 0 Å². The maximum Gasteiger partial charge on any atom is 0.338 e. The molecular formula is C17H15NO3. The first-order chi connectivity index (χ1) is 10.1. The normalized spacial score (nSPS) is 12.3. The number of rotatable bonds is 3. The Morgan fingerprint density at radius 3 is 2.81 bits per heavy atom. The SMILES string of the molecule is Cc1coc2cnc([C@@H](C)OC(=O)c3ccccc3)cc12. The van der Waals surface area contributed by atoms with Crippen LogP contribution in [0, 0.1) is 6.92 Å². The predicted molar refractivity (Wildman–Crippen MR) is 79.0 cm³/mol. The average Bonchev–Trinajstić information content (AvgIpc) is 2.89. The first-order valence-electron chi connectivity index (χ1n) is 6.75. The Bertz CT molecular complexity index is 777. The summed E-state index contributed by atoms with van der Waals surface area (Å²) in [5.74, 6) is -0.353. The number of furan rings is 1. The Labute approximate surface area is 122 Å². The van der Waals surface area contributed by atoms with E-state index in [1.165, 1.54) is 0 Å². The van der Waals surface area contributed by atoms with Gasteiger partial charge in [-0.05, 0) is 37.6 Å². The van der Waals surface area contributed by atoms with Gasteiger partial charge in [-0.1, -0.05) is 18.2 Å². The number of aryl methyl sites for hydroxylation is 1. The summed E-state index contributed by atoms with van der Waals surface area (Å²) in [6.45, 7) is 3.78. The smallest absolute Gasteiger partial charge is 0.338 e. The summed E-state index contributed by atoms with van der Waals surface area (Å²) in [7, 11) is 0. The highest BCUT2D eigenvalue weighted by molar-refractivity contribution is 5.89. The molecule has 1 aromatic carbocycles. The van der Waals surface area contributed by atoms with Gasteiger partial charge in [0, 0.05) is 5.39 Å². The fraction of sp³-hybridized carbons (Fsp3) is 0.176. The summed E-state index contributed by atoms with van der Waals surface area (Å²) in [5.41, 5.74) is 3.01. The summed E-state index contributed by atoms with van der Waals surface area (Å²) in [5, 5.41) is 0.989. The number of nitrogens with zero attached hydrogens (tertiary/aromatic N) is 1. The first kappa shape index (κ1) is 13.4. The van der Waals surface area contributed by atoms with Crippen LogP contribution in [0.1, 0.15) is 34.6 Å². The molecule has 0 aliphatic carbocycles. The van der Waals surface area contributed by atoms with Crippen LogP contribution in [0.15, 0.2) is 53.3 Å². The Morgan fingerprint density at radius 1 is 1.29 bits per heavy atom. The van der Waals surface area contributed by atoms with Crippen LogP contribution >= 0.6 is 0 Å². The number of carbonyl (C=O) groups excluding carboxylic acids is 1. The van der Waals surface area contributed by atoms with Gasteiger partial charge in [0.15, 0.2) is 5.58 Å². The summed E-state index contributed by atoms with van der Waals surface area (Å²) < 4.78 is 10.8. The number of esters is 1. The summed E-state index contributed by atoms with van der Waals surface area (Å²) in [6, 6.07) is 10.8. The van der Waals surface area contributed by atoms with Gasteiger partial charge in [0.05, 0.1) is 23.7 Å². The maximum absolute atomic E-state index is 12.0. The third kappa shape index (κ3) is 2.65. The second-order valence-electron chi connectivity index (χ2n) is 4.94. The molecular weight excluding hydrogens is 266 g/mol. The van der Waals surface area contributed by atoms with E-state index < -0.39 is 6.10 Å². The topological polar surface area (TPSA) is 52.3 Å².